The third kappa shape index (κ3) is 7.39. The number of nitrogen functional groups attached to an aromatic ring is 1. The van der Waals surface area contributed by atoms with Crippen LogP contribution in [-0.2, 0) is 0 Å². The van der Waals surface area contributed by atoms with Crippen molar-refractivity contribution in [1.29, 1.82) is 0 Å². The lowest BCUT2D eigenvalue weighted by Crippen LogP contribution is -1.94. The topological polar surface area (TPSA) is 116 Å². The average molecular weight is 581 g/mol. The van der Waals surface area contributed by atoms with E-state index in [1.807, 2.05) is 48.0 Å². The minimum atomic E-state index is -0.333. The summed E-state index contributed by atoms with van der Waals surface area (Å²) in [6.45, 7) is 5.83. The van der Waals surface area contributed by atoms with Gasteiger partial charge in [-0.1, -0.05) is 12.1 Å². The number of rotatable bonds is 3. The molecule has 43 heavy (non-hydrogen) atoms. The molecular weight excluding hydrogens is 554 g/mol. The second kappa shape index (κ2) is 14.0. The molecule has 0 fully saturated rings. The van der Waals surface area contributed by atoms with E-state index in [0.717, 1.165) is 16.9 Å². The number of aldehydes is 1. The third-order valence-electron chi connectivity index (χ3n) is 5.78. The first-order valence-electron chi connectivity index (χ1n) is 12.8. The third-order valence-corrected chi connectivity index (χ3v) is 5.78. The van der Waals surface area contributed by atoms with Crippen molar-refractivity contribution in [3.8, 4) is 11.5 Å². The summed E-state index contributed by atoms with van der Waals surface area (Å²) in [4.78, 5) is 21.4. The zero-order chi connectivity index (χ0) is 30.8. The van der Waals surface area contributed by atoms with Crippen LogP contribution in [0.5, 0.6) is 0 Å². The minimum absolute atomic E-state index is 0.218. The van der Waals surface area contributed by atoms with Crippen LogP contribution in [-0.4, -0.2) is 34.8 Å². The van der Waals surface area contributed by atoms with Crippen molar-refractivity contribution in [2.24, 2.45) is 0 Å². The largest absolute Gasteiger partial charge is 0.454 e. The van der Waals surface area contributed by atoms with Crippen molar-refractivity contribution in [3.63, 3.8) is 0 Å². The lowest BCUT2D eigenvalue weighted by atomic mass is 10.2. The Balaban J connectivity index is 0.000000161. The maximum atomic E-state index is 13.3. The van der Waals surface area contributed by atoms with Gasteiger partial charge >= 0.3 is 0 Å². The highest BCUT2D eigenvalue weighted by Crippen LogP contribution is 2.33. The van der Waals surface area contributed by atoms with Gasteiger partial charge in [-0.05, 0) is 72.8 Å². The van der Waals surface area contributed by atoms with Crippen molar-refractivity contribution < 1.29 is 22.4 Å². The molecule has 11 heteroatoms. The van der Waals surface area contributed by atoms with Gasteiger partial charge in [0, 0.05) is 30.2 Å². The number of halogens is 2. The van der Waals surface area contributed by atoms with Crippen LogP contribution >= 0.6 is 0 Å². The highest BCUT2D eigenvalue weighted by atomic mass is 19.1. The Bertz CT molecular complexity index is 2010. The Hall–Kier alpha value is -6.02. The fraction of sp³-hybridized carbons (Fsp3) is 0.0625. The number of hydrogen-bond donors (Lipinski definition) is 2. The summed E-state index contributed by atoms with van der Waals surface area (Å²) < 4.78 is 38.7. The number of nitrogens with zero attached hydrogens (tertiary/aromatic N) is 4. The molecule has 216 valence electrons. The van der Waals surface area contributed by atoms with E-state index in [0.29, 0.717) is 40.1 Å². The number of imidazole rings is 1. The fourth-order valence-corrected chi connectivity index (χ4v) is 4.01. The second-order valence-corrected chi connectivity index (χ2v) is 8.71. The van der Waals surface area contributed by atoms with Gasteiger partial charge in [-0.2, -0.15) is 0 Å². The highest BCUT2D eigenvalue weighted by Gasteiger charge is 2.16. The molecule has 7 aromatic rings. The molecule has 0 radical (unpaired) electrons. The van der Waals surface area contributed by atoms with Crippen molar-refractivity contribution in [3.05, 3.63) is 126 Å². The number of carbonyl (C=O) groups excluding carboxylic acids is 1. The van der Waals surface area contributed by atoms with Gasteiger partial charge in [0.25, 0.3) is 0 Å². The summed E-state index contributed by atoms with van der Waals surface area (Å²) in [6.07, 6.45) is 4.19. The molecule has 0 bridgehead atoms. The van der Waals surface area contributed by atoms with Gasteiger partial charge in [-0.3, -0.25) is 9.20 Å². The second-order valence-electron chi connectivity index (χ2n) is 8.71. The molecule has 5 aromatic heterocycles. The summed E-state index contributed by atoms with van der Waals surface area (Å²) in [5.41, 5.74) is 7.95. The van der Waals surface area contributed by atoms with Crippen LogP contribution in [0, 0.1) is 18.2 Å². The van der Waals surface area contributed by atoms with Gasteiger partial charge in [0.1, 0.15) is 45.8 Å². The molecule has 2 aromatic carbocycles. The zero-order valence-corrected chi connectivity index (χ0v) is 23.2. The van der Waals surface area contributed by atoms with E-state index in [-0.39, 0.29) is 17.4 Å². The van der Waals surface area contributed by atoms with E-state index in [4.69, 9.17) is 21.1 Å². The molecule has 0 saturated carbocycles. The average Bonchev–Trinajstić information content (AvgIpc) is 3.72. The molecule has 0 aliphatic carbocycles. The van der Waals surface area contributed by atoms with E-state index in [1.54, 1.807) is 24.4 Å². The van der Waals surface area contributed by atoms with E-state index in [1.165, 1.54) is 43.4 Å². The Morgan fingerprint density at radius 1 is 0.930 bits per heavy atom. The van der Waals surface area contributed by atoms with Crippen molar-refractivity contribution in [1.82, 2.24) is 14.4 Å². The molecule has 0 saturated heterocycles. The van der Waals surface area contributed by atoms with Gasteiger partial charge in [0.15, 0.2) is 17.8 Å². The Labute approximate surface area is 245 Å². The summed E-state index contributed by atoms with van der Waals surface area (Å²) >= 11 is 0. The van der Waals surface area contributed by atoms with Crippen LogP contribution in [0.25, 0.3) is 43.9 Å². The van der Waals surface area contributed by atoms with E-state index in [2.05, 4.69) is 20.1 Å². The fourth-order valence-electron chi connectivity index (χ4n) is 4.01. The number of furan rings is 2. The minimum Gasteiger partial charge on any atom is -0.454 e. The van der Waals surface area contributed by atoms with Crippen molar-refractivity contribution >= 4 is 45.5 Å². The van der Waals surface area contributed by atoms with Crippen LogP contribution in [0.15, 0.2) is 106 Å². The van der Waals surface area contributed by atoms with Crippen LogP contribution in [0.4, 0.5) is 20.4 Å². The Kier molecular flexibility index (Phi) is 9.79. The molecule has 5 heterocycles. The van der Waals surface area contributed by atoms with Crippen LogP contribution in [0.1, 0.15) is 10.6 Å². The summed E-state index contributed by atoms with van der Waals surface area (Å²) in [6, 6.07) is 23.1. The molecule has 7 rings (SSSR count). The van der Waals surface area contributed by atoms with Gasteiger partial charge in [-0.15, -0.1) is 0 Å². The van der Waals surface area contributed by atoms with Crippen LogP contribution in [0.3, 0.4) is 0 Å². The number of aromatic nitrogens is 3. The summed E-state index contributed by atoms with van der Waals surface area (Å²) in [5, 5.41) is 4.47. The van der Waals surface area contributed by atoms with Crippen molar-refractivity contribution in [2.75, 3.05) is 25.1 Å². The smallest absolute Gasteiger partial charge is 0.205 e. The zero-order valence-electron chi connectivity index (χ0n) is 23.2. The molecular formula is C32H26F2N6O3. The van der Waals surface area contributed by atoms with Gasteiger partial charge in [0.05, 0.1) is 0 Å². The maximum absolute atomic E-state index is 13.3. The van der Waals surface area contributed by atoms with Gasteiger partial charge < -0.3 is 24.7 Å². The number of nitrogens with two attached hydrogens (primary N) is 1. The number of pyridine rings is 2. The first-order valence-corrected chi connectivity index (χ1v) is 12.8. The van der Waals surface area contributed by atoms with Gasteiger partial charge in [-0.25, -0.2) is 25.3 Å². The Morgan fingerprint density at radius 2 is 1.58 bits per heavy atom. The number of benzene rings is 2. The van der Waals surface area contributed by atoms with Crippen LogP contribution in [0.2, 0.25) is 0 Å². The molecule has 0 atom stereocenters. The first kappa shape index (κ1) is 30.0. The molecule has 0 aliphatic rings. The first-order chi connectivity index (χ1) is 20.9. The molecule has 0 spiro atoms. The number of carbonyl (C=O) groups is 1. The van der Waals surface area contributed by atoms with Crippen molar-refractivity contribution in [2.45, 2.75) is 0 Å². The normalized spacial score (nSPS) is 10.0. The molecule has 0 amide bonds. The number of hydrogen-bond acceptors (Lipinski definition) is 7. The number of anilines is 2. The summed E-state index contributed by atoms with van der Waals surface area (Å²) in [7, 11) is 3.25. The number of fused-ring (bicyclic) bond motifs is 3. The van der Waals surface area contributed by atoms with Crippen LogP contribution < -0.4 is 11.1 Å². The van der Waals surface area contributed by atoms with Gasteiger partial charge in [0.2, 0.25) is 7.05 Å². The molecule has 3 N–H and O–H groups in total. The predicted molar refractivity (Wildman–Crippen MR) is 163 cm³/mol. The summed E-state index contributed by atoms with van der Waals surface area (Å²) in [5.74, 6) is 1.63. The SMILES string of the molecule is CNc1c(-c2cc3cc(F)ccc3o2)nc2ccccn12.Nc1ccccn1.O=Cc1cc2cc(F)ccc2o1.[C-]#[N+]C. The predicted octanol–water partition coefficient (Wildman–Crippen LogP) is 7.51. The number of nitrogens with one attached hydrogen (secondary N) is 1. The Morgan fingerprint density at radius 3 is 2.16 bits per heavy atom. The quantitative estimate of drug-likeness (QED) is 0.164. The lowest BCUT2D eigenvalue weighted by molar-refractivity contribution is 0.110. The van der Waals surface area contributed by atoms with E-state index >= 15 is 0 Å². The standard InChI is InChI=1S/C16H12FN3O.C9H5FO2.C5H6N2.C2H3N/c1-18-16-15(19-14-4-2-3-7-20(14)16)13-9-10-8-11(17)5-6-12(10)21-13;10-7-1-2-9-6(3-7)4-8(5-11)12-9;6-5-3-1-2-4-7-5;1-3-2/h2-9,18H,1H3;1-5H;1-4H,(H2,6,7);1H3. The highest BCUT2D eigenvalue weighted by molar-refractivity contribution is 5.86. The molecule has 9 nitrogen and oxygen atoms in total. The lowest BCUT2D eigenvalue weighted by Gasteiger charge is -2.01. The van der Waals surface area contributed by atoms with E-state index in [9.17, 15) is 13.6 Å². The molecule has 0 aliphatic heterocycles. The molecule has 0 unspecified atom stereocenters. The van der Waals surface area contributed by atoms with E-state index < -0.39 is 0 Å². The maximum Gasteiger partial charge on any atom is 0.205 e. The monoisotopic (exact) mass is 580 g/mol.